The van der Waals surface area contributed by atoms with E-state index in [1.807, 2.05) is 4.90 Å². The number of aromatic nitrogens is 1. The summed E-state index contributed by atoms with van der Waals surface area (Å²) >= 11 is 0. The number of anilines is 1. The van der Waals surface area contributed by atoms with E-state index >= 15 is 0 Å². The highest BCUT2D eigenvalue weighted by Crippen LogP contribution is 2.37. The summed E-state index contributed by atoms with van der Waals surface area (Å²) in [6.45, 7) is 0.860. The Morgan fingerprint density at radius 3 is 3.05 bits per heavy atom. The van der Waals surface area contributed by atoms with Gasteiger partial charge in [-0.25, -0.2) is 0 Å². The number of nitrogen functional groups attached to an aromatic ring is 1. The van der Waals surface area contributed by atoms with Gasteiger partial charge in [0.15, 0.2) is 0 Å². The highest BCUT2D eigenvalue weighted by Gasteiger charge is 2.38. The van der Waals surface area contributed by atoms with Crippen LogP contribution >= 0.6 is 0 Å². The summed E-state index contributed by atoms with van der Waals surface area (Å²) in [5.41, 5.74) is 3.82. The summed E-state index contributed by atoms with van der Waals surface area (Å²) in [5, 5.41) is 0. The number of carbonyl (C=O) groups is 1. The van der Waals surface area contributed by atoms with Crippen LogP contribution in [0, 0.1) is 5.92 Å². The Bertz CT molecular complexity index is 476. The lowest BCUT2D eigenvalue weighted by Crippen LogP contribution is -2.46. The van der Waals surface area contributed by atoms with Gasteiger partial charge in [0.1, 0.15) is 0 Å². The van der Waals surface area contributed by atoms with Crippen LogP contribution in [0.3, 0.4) is 0 Å². The fourth-order valence-corrected chi connectivity index (χ4v) is 3.55. The Kier molecular flexibility index (Phi) is 3.38. The molecule has 1 saturated heterocycles. The van der Waals surface area contributed by atoms with E-state index in [1.165, 1.54) is 19.3 Å². The summed E-state index contributed by atoms with van der Waals surface area (Å²) in [4.78, 5) is 18.8. The molecule has 0 bridgehead atoms. The highest BCUT2D eigenvalue weighted by molar-refractivity contribution is 5.99. The molecular weight excluding hydrogens is 240 g/mol. The molecular formula is C14H20N4O. The number of fused-ring (bicyclic) bond motifs is 1. The topological polar surface area (TPSA) is 71.2 Å². The molecule has 19 heavy (non-hydrogen) atoms. The minimum atomic E-state index is 0.0673. The Hall–Kier alpha value is -1.62. The fraction of sp³-hybridized carbons (Fsp3) is 0.571. The highest BCUT2D eigenvalue weighted by atomic mass is 16.2. The number of amides is 1. The largest absolute Gasteiger partial charge is 0.335 e. The predicted molar refractivity (Wildman–Crippen MR) is 73.4 cm³/mol. The van der Waals surface area contributed by atoms with Crippen LogP contribution in [0.4, 0.5) is 5.69 Å². The van der Waals surface area contributed by atoms with Gasteiger partial charge in [-0.05, 0) is 37.7 Å². The molecule has 1 saturated carbocycles. The van der Waals surface area contributed by atoms with Gasteiger partial charge in [-0.15, -0.1) is 0 Å². The van der Waals surface area contributed by atoms with Crippen LogP contribution in [0.1, 0.15) is 42.5 Å². The molecule has 3 N–H and O–H groups in total. The van der Waals surface area contributed by atoms with Gasteiger partial charge < -0.3 is 10.3 Å². The molecule has 1 aliphatic carbocycles. The quantitative estimate of drug-likeness (QED) is 0.628. The van der Waals surface area contributed by atoms with Crippen LogP contribution in [0.25, 0.3) is 0 Å². The van der Waals surface area contributed by atoms with E-state index in [1.54, 1.807) is 18.5 Å². The third kappa shape index (κ3) is 2.18. The number of carbonyl (C=O) groups excluding carboxylic acids is 1. The molecule has 0 aromatic carbocycles. The lowest BCUT2D eigenvalue weighted by molar-refractivity contribution is 0.0549. The number of hydrogen-bond acceptors (Lipinski definition) is 4. The van der Waals surface area contributed by atoms with E-state index in [0.717, 1.165) is 19.4 Å². The second-order valence-electron chi connectivity index (χ2n) is 5.46. The van der Waals surface area contributed by atoms with Crippen molar-refractivity contribution in [2.45, 2.75) is 38.1 Å². The number of nitrogens with one attached hydrogen (secondary N) is 1. The van der Waals surface area contributed by atoms with Crippen LogP contribution < -0.4 is 11.3 Å². The molecule has 102 valence electrons. The predicted octanol–water partition coefficient (Wildman–Crippen LogP) is 1.77. The van der Waals surface area contributed by atoms with Crippen LogP contribution in [0.5, 0.6) is 0 Å². The normalized spacial score (nSPS) is 26.1. The Morgan fingerprint density at radius 1 is 1.37 bits per heavy atom. The van der Waals surface area contributed by atoms with Gasteiger partial charge in [0, 0.05) is 25.0 Å². The minimum Gasteiger partial charge on any atom is -0.335 e. The van der Waals surface area contributed by atoms with E-state index in [2.05, 4.69) is 10.4 Å². The molecule has 1 amide bonds. The zero-order chi connectivity index (χ0) is 13.2. The summed E-state index contributed by atoms with van der Waals surface area (Å²) in [5.74, 6) is 6.24. The Labute approximate surface area is 113 Å². The first kappa shape index (κ1) is 12.4. The van der Waals surface area contributed by atoms with E-state index in [-0.39, 0.29) is 5.91 Å². The fourth-order valence-electron chi connectivity index (χ4n) is 3.55. The van der Waals surface area contributed by atoms with Crippen molar-refractivity contribution >= 4 is 11.6 Å². The maximum absolute atomic E-state index is 12.7. The Balaban J connectivity index is 1.86. The van der Waals surface area contributed by atoms with Gasteiger partial charge in [0.05, 0.1) is 11.3 Å². The van der Waals surface area contributed by atoms with Crippen molar-refractivity contribution < 1.29 is 4.79 Å². The standard InChI is InChI=1S/C14H20N4O/c15-17-12-6-7-16-9-11(12)14(19)18-8-2-4-10-3-1-5-13(10)18/h6-7,9-10,13H,1-5,8,15H2,(H,16,17). The molecule has 1 aromatic heterocycles. The first-order valence-corrected chi connectivity index (χ1v) is 7.03. The zero-order valence-electron chi connectivity index (χ0n) is 11.0. The van der Waals surface area contributed by atoms with Gasteiger partial charge in [0.25, 0.3) is 5.91 Å². The molecule has 0 spiro atoms. The molecule has 2 unspecified atom stereocenters. The monoisotopic (exact) mass is 260 g/mol. The summed E-state index contributed by atoms with van der Waals surface area (Å²) in [7, 11) is 0. The van der Waals surface area contributed by atoms with Crippen LogP contribution in [0.2, 0.25) is 0 Å². The molecule has 2 atom stereocenters. The van der Waals surface area contributed by atoms with Crippen LogP contribution in [0.15, 0.2) is 18.5 Å². The van der Waals surface area contributed by atoms with E-state index in [0.29, 0.717) is 23.2 Å². The molecule has 2 aliphatic rings. The number of piperidine rings is 1. The van der Waals surface area contributed by atoms with Gasteiger partial charge in [0.2, 0.25) is 0 Å². The minimum absolute atomic E-state index is 0.0673. The van der Waals surface area contributed by atoms with Gasteiger partial charge in [-0.3, -0.25) is 15.6 Å². The molecule has 0 radical (unpaired) electrons. The van der Waals surface area contributed by atoms with E-state index < -0.39 is 0 Å². The molecule has 5 nitrogen and oxygen atoms in total. The van der Waals surface area contributed by atoms with Crippen molar-refractivity contribution in [2.75, 3.05) is 12.0 Å². The average molecular weight is 260 g/mol. The van der Waals surface area contributed by atoms with E-state index in [4.69, 9.17) is 5.84 Å². The summed E-state index contributed by atoms with van der Waals surface area (Å²) < 4.78 is 0. The Morgan fingerprint density at radius 2 is 2.21 bits per heavy atom. The number of likely N-dealkylation sites (tertiary alicyclic amines) is 1. The number of rotatable bonds is 2. The maximum Gasteiger partial charge on any atom is 0.257 e. The third-order valence-corrected chi connectivity index (χ3v) is 4.46. The number of nitrogens with two attached hydrogens (primary N) is 1. The van der Waals surface area contributed by atoms with Gasteiger partial charge >= 0.3 is 0 Å². The van der Waals surface area contributed by atoms with E-state index in [9.17, 15) is 4.79 Å². The van der Waals surface area contributed by atoms with Gasteiger partial charge in [-0.2, -0.15) is 0 Å². The lowest BCUT2D eigenvalue weighted by atomic mass is 9.91. The molecule has 2 heterocycles. The van der Waals surface area contributed by atoms with Crippen molar-refractivity contribution in [3.05, 3.63) is 24.0 Å². The number of hydrogen-bond donors (Lipinski definition) is 2. The average Bonchev–Trinajstić information content (AvgIpc) is 2.94. The maximum atomic E-state index is 12.7. The van der Waals surface area contributed by atoms with Crippen molar-refractivity contribution in [3.63, 3.8) is 0 Å². The molecule has 1 aliphatic heterocycles. The smallest absolute Gasteiger partial charge is 0.257 e. The third-order valence-electron chi connectivity index (χ3n) is 4.46. The molecule has 3 rings (SSSR count). The van der Waals surface area contributed by atoms with Crippen LogP contribution in [-0.2, 0) is 0 Å². The number of pyridine rings is 1. The van der Waals surface area contributed by atoms with Crippen molar-refractivity contribution in [1.29, 1.82) is 0 Å². The second kappa shape index (κ2) is 5.17. The second-order valence-corrected chi connectivity index (χ2v) is 5.46. The molecule has 2 fully saturated rings. The number of nitrogens with zero attached hydrogens (tertiary/aromatic N) is 2. The first-order chi connectivity index (χ1) is 9.31. The molecule has 1 aromatic rings. The number of hydrazine groups is 1. The zero-order valence-corrected chi connectivity index (χ0v) is 11.0. The van der Waals surface area contributed by atoms with Crippen molar-refractivity contribution in [3.8, 4) is 0 Å². The van der Waals surface area contributed by atoms with Crippen molar-refractivity contribution in [1.82, 2.24) is 9.88 Å². The first-order valence-electron chi connectivity index (χ1n) is 7.03. The summed E-state index contributed by atoms with van der Waals surface area (Å²) in [6, 6.07) is 2.16. The SMILES string of the molecule is NNc1ccncc1C(=O)N1CCCC2CCCC21. The summed E-state index contributed by atoms with van der Waals surface area (Å²) in [6.07, 6.45) is 9.28. The van der Waals surface area contributed by atoms with Crippen LogP contribution in [-0.4, -0.2) is 28.4 Å². The molecule has 5 heteroatoms. The van der Waals surface area contributed by atoms with Gasteiger partial charge in [-0.1, -0.05) is 6.42 Å². The lowest BCUT2D eigenvalue weighted by Gasteiger charge is -2.38. The van der Waals surface area contributed by atoms with Crippen molar-refractivity contribution in [2.24, 2.45) is 11.8 Å².